The number of hydrogen-bond donors (Lipinski definition) is 1. The van der Waals surface area contributed by atoms with Gasteiger partial charge in [-0.1, -0.05) is 6.07 Å². The van der Waals surface area contributed by atoms with Crippen LogP contribution >= 0.6 is 0 Å². The average Bonchev–Trinajstić information content (AvgIpc) is 3.13. The third-order valence-electron chi connectivity index (χ3n) is 3.81. The minimum atomic E-state index is -0.360. The van der Waals surface area contributed by atoms with Gasteiger partial charge in [0.15, 0.2) is 0 Å². The molecule has 2 heterocycles. The van der Waals surface area contributed by atoms with Gasteiger partial charge in [0.1, 0.15) is 18.2 Å². The summed E-state index contributed by atoms with van der Waals surface area (Å²) in [4.78, 5) is 27.5. The molecular weight excluding hydrogens is 296 g/mol. The molecule has 8 nitrogen and oxygen atoms in total. The van der Waals surface area contributed by atoms with Crippen LogP contribution in [-0.2, 0) is 4.79 Å². The largest absolute Gasteiger partial charge is 0.332 e. The first kappa shape index (κ1) is 14.5. The summed E-state index contributed by atoms with van der Waals surface area (Å²) in [7, 11) is 0. The lowest BCUT2D eigenvalue weighted by Crippen LogP contribution is -2.33. The van der Waals surface area contributed by atoms with Crippen LogP contribution in [0.3, 0.4) is 0 Å². The lowest BCUT2D eigenvalue weighted by Gasteiger charge is -2.16. The van der Waals surface area contributed by atoms with Crippen LogP contribution in [0.4, 0.5) is 16.2 Å². The smallest absolute Gasteiger partial charge is 0.312 e. The van der Waals surface area contributed by atoms with Gasteiger partial charge < -0.3 is 4.90 Å². The quantitative estimate of drug-likeness (QED) is 0.515. The number of hydrazone groups is 1. The molecule has 23 heavy (non-hydrogen) atoms. The topological polar surface area (TPSA) is 113 Å². The van der Waals surface area contributed by atoms with Crippen LogP contribution in [0.5, 0.6) is 0 Å². The van der Waals surface area contributed by atoms with Gasteiger partial charge in [-0.05, 0) is 31.0 Å². The molecule has 0 radical (unpaired) electrons. The molecule has 3 amide bonds. The predicted octanol–water partition coefficient (Wildman–Crippen LogP) is 1.43. The second-order valence-corrected chi connectivity index (χ2v) is 5.15. The lowest BCUT2D eigenvalue weighted by atomic mass is 10.2. The van der Waals surface area contributed by atoms with Gasteiger partial charge in [0.2, 0.25) is 5.71 Å². The number of nitrogens with one attached hydrogen (secondary N) is 1. The van der Waals surface area contributed by atoms with E-state index in [1.807, 2.05) is 0 Å². The van der Waals surface area contributed by atoms with Crippen molar-refractivity contribution in [2.24, 2.45) is 5.10 Å². The van der Waals surface area contributed by atoms with Gasteiger partial charge in [0.05, 0.1) is 11.4 Å². The highest BCUT2D eigenvalue weighted by Gasteiger charge is 2.47. The summed E-state index contributed by atoms with van der Waals surface area (Å²) >= 11 is 0. The van der Waals surface area contributed by atoms with E-state index >= 15 is 0 Å². The maximum atomic E-state index is 12.4. The molecule has 2 saturated heterocycles. The first-order valence-corrected chi connectivity index (χ1v) is 7.04. The van der Waals surface area contributed by atoms with E-state index in [1.54, 1.807) is 41.3 Å². The molecule has 2 fully saturated rings. The number of carbonyl (C=O) groups is 2. The van der Waals surface area contributed by atoms with E-state index < -0.39 is 0 Å². The Morgan fingerprint density at radius 3 is 2.78 bits per heavy atom. The molecule has 1 atom stereocenters. The fourth-order valence-electron chi connectivity index (χ4n) is 2.77. The fraction of sp³-hybridized carbons (Fsp3) is 0.267. The molecule has 0 bridgehead atoms. The molecule has 1 aromatic carbocycles. The highest BCUT2D eigenvalue weighted by atomic mass is 16.2. The monoisotopic (exact) mass is 308 g/mol. The zero-order valence-corrected chi connectivity index (χ0v) is 12.1. The van der Waals surface area contributed by atoms with E-state index in [2.05, 4.69) is 10.5 Å². The second kappa shape index (κ2) is 5.78. The molecule has 2 aliphatic heterocycles. The number of amides is 3. The molecular formula is C15H12N6O2. The first-order chi connectivity index (χ1) is 11.2. The van der Waals surface area contributed by atoms with Crippen LogP contribution in [0.2, 0.25) is 0 Å². The zero-order chi connectivity index (χ0) is 16.4. The molecule has 0 spiro atoms. The van der Waals surface area contributed by atoms with Crippen molar-refractivity contribution in [3.63, 3.8) is 0 Å². The number of imide groups is 1. The van der Waals surface area contributed by atoms with E-state index in [1.165, 1.54) is 0 Å². The summed E-state index contributed by atoms with van der Waals surface area (Å²) in [5, 5.41) is 20.9. The van der Waals surface area contributed by atoms with E-state index in [4.69, 9.17) is 10.5 Å². The van der Waals surface area contributed by atoms with Crippen molar-refractivity contribution < 1.29 is 9.59 Å². The number of urea groups is 1. The molecule has 3 rings (SSSR count). The zero-order valence-electron chi connectivity index (χ0n) is 12.1. The van der Waals surface area contributed by atoms with Gasteiger partial charge in [0.25, 0.3) is 5.91 Å². The van der Waals surface area contributed by atoms with Crippen molar-refractivity contribution >= 4 is 29.0 Å². The highest BCUT2D eigenvalue weighted by Crippen LogP contribution is 2.32. The van der Waals surface area contributed by atoms with Gasteiger partial charge in [0, 0.05) is 6.54 Å². The van der Waals surface area contributed by atoms with Gasteiger partial charge in [-0.25, -0.2) is 9.69 Å². The SMILES string of the molecule is N#CC(C#N)=NNc1cccc(N2C(=O)C3CCCN3C2=O)c1. The third-order valence-corrected chi connectivity index (χ3v) is 3.81. The Bertz CT molecular complexity index is 750. The third kappa shape index (κ3) is 2.47. The molecule has 0 aliphatic carbocycles. The molecule has 0 aromatic heterocycles. The fourth-order valence-corrected chi connectivity index (χ4v) is 2.77. The van der Waals surface area contributed by atoms with Crippen molar-refractivity contribution in [2.45, 2.75) is 18.9 Å². The number of fused-ring (bicyclic) bond motifs is 1. The number of anilines is 2. The Balaban J connectivity index is 1.85. The normalized spacial score (nSPS) is 19.1. The Kier molecular flexibility index (Phi) is 3.65. The molecule has 1 N–H and O–H groups in total. The van der Waals surface area contributed by atoms with Crippen LogP contribution in [0.1, 0.15) is 12.8 Å². The number of carbonyl (C=O) groups excluding carboxylic acids is 2. The molecule has 1 aromatic rings. The van der Waals surface area contributed by atoms with E-state index in [0.717, 1.165) is 11.3 Å². The molecule has 114 valence electrons. The first-order valence-electron chi connectivity index (χ1n) is 7.04. The Labute approximate surface area is 132 Å². The van der Waals surface area contributed by atoms with Gasteiger partial charge in [-0.15, -0.1) is 0 Å². The Morgan fingerprint density at radius 2 is 2.09 bits per heavy atom. The summed E-state index contributed by atoms with van der Waals surface area (Å²) in [6, 6.07) is 9.15. The average molecular weight is 308 g/mol. The van der Waals surface area contributed by atoms with Crippen LogP contribution in [0.25, 0.3) is 0 Å². The minimum Gasteiger partial charge on any atom is -0.312 e. The van der Waals surface area contributed by atoms with Crippen molar-refractivity contribution in [2.75, 3.05) is 16.9 Å². The summed E-state index contributed by atoms with van der Waals surface area (Å²) < 4.78 is 0. The van der Waals surface area contributed by atoms with Crippen LogP contribution in [-0.4, -0.2) is 35.1 Å². The van der Waals surface area contributed by atoms with Crippen molar-refractivity contribution in [3.8, 4) is 12.1 Å². The summed E-state index contributed by atoms with van der Waals surface area (Å²) in [6.07, 6.45) is 1.54. The number of nitriles is 2. The standard InChI is InChI=1S/C15H12N6O2/c16-8-11(9-17)19-18-10-3-1-4-12(7-10)21-14(22)13-5-2-6-20(13)15(21)23/h1,3-4,7,13,18H,2,5-6H2. The van der Waals surface area contributed by atoms with Gasteiger partial charge in [-0.2, -0.15) is 15.6 Å². The van der Waals surface area contributed by atoms with Crippen LogP contribution in [0, 0.1) is 22.7 Å². The van der Waals surface area contributed by atoms with Gasteiger partial charge >= 0.3 is 6.03 Å². The van der Waals surface area contributed by atoms with Crippen LogP contribution < -0.4 is 10.3 Å². The summed E-state index contributed by atoms with van der Waals surface area (Å²) in [5.41, 5.74) is 3.16. The van der Waals surface area contributed by atoms with Crippen molar-refractivity contribution in [3.05, 3.63) is 24.3 Å². The number of rotatable bonds is 3. The van der Waals surface area contributed by atoms with Crippen molar-refractivity contribution in [1.82, 2.24) is 4.90 Å². The van der Waals surface area contributed by atoms with E-state index in [0.29, 0.717) is 24.3 Å². The maximum Gasteiger partial charge on any atom is 0.332 e. The predicted molar refractivity (Wildman–Crippen MR) is 81.3 cm³/mol. The van der Waals surface area contributed by atoms with Gasteiger partial charge in [-0.3, -0.25) is 10.2 Å². The molecule has 8 heteroatoms. The summed E-state index contributed by atoms with van der Waals surface area (Å²) in [6.45, 7) is 0.599. The highest BCUT2D eigenvalue weighted by molar-refractivity contribution is 6.21. The number of benzene rings is 1. The lowest BCUT2D eigenvalue weighted by molar-refractivity contribution is -0.119. The molecule has 0 saturated carbocycles. The minimum absolute atomic E-state index is 0.220. The van der Waals surface area contributed by atoms with Crippen molar-refractivity contribution in [1.29, 1.82) is 10.5 Å². The van der Waals surface area contributed by atoms with E-state index in [9.17, 15) is 9.59 Å². The maximum absolute atomic E-state index is 12.4. The second-order valence-electron chi connectivity index (χ2n) is 5.15. The number of hydrogen-bond acceptors (Lipinski definition) is 6. The van der Waals surface area contributed by atoms with Crippen LogP contribution in [0.15, 0.2) is 29.4 Å². The molecule has 2 aliphatic rings. The summed E-state index contributed by atoms with van der Waals surface area (Å²) in [5.74, 6) is -0.220. The number of nitrogens with zero attached hydrogens (tertiary/aromatic N) is 5. The van der Waals surface area contributed by atoms with E-state index in [-0.39, 0.29) is 23.7 Å². The molecule has 1 unspecified atom stereocenters. The Morgan fingerprint density at radius 1 is 1.30 bits per heavy atom. The Hall–Kier alpha value is -3.39.